The Labute approximate surface area is 249 Å². The van der Waals surface area contributed by atoms with E-state index in [0.717, 1.165) is 66.3 Å². The Balaban J connectivity index is 0.000000666. The normalized spacial score (nSPS) is 16.3. The number of aryl methyl sites for hydroxylation is 2. The minimum atomic E-state index is 0. The third kappa shape index (κ3) is 11.8. The quantitative estimate of drug-likeness (QED) is 0.151. The smallest absolute Gasteiger partial charge is 0.384 e. The third-order valence-electron chi connectivity index (χ3n) is 6.92. The number of amides is 1. The van der Waals surface area contributed by atoms with Gasteiger partial charge in [0.05, 0.1) is 0 Å². The maximum absolute atomic E-state index is 12.2. The fourth-order valence-electron chi connectivity index (χ4n) is 4.78. The first-order valence-electron chi connectivity index (χ1n) is 13.1. The zero-order chi connectivity index (χ0) is 25.8. The SMILES string of the molecule is CCC1CCC(C(=O)Nc2cc[c-]c(C)c2)CC1.CCc1c(C)cc(NCCNC)cc1C(C)=O.[CH3-].[U+2]. The maximum atomic E-state index is 12.2. The molecule has 1 aliphatic rings. The van der Waals surface area contributed by atoms with Gasteiger partial charge >= 0.3 is 31.1 Å². The van der Waals surface area contributed by atoms with Gasteiger partial charge in [0, 0.05) is 30.3 Å². The zero-order valence-corrected chi connectivity index (χ0v) is 28.2. The molecule has 2 aromatic carbocycles. The maximum Gasteiger partial charge on any atom is 2.00 e. The minimum Gasteiger partial charge on any atom is -0.384 e. The topological polar surface area (TPSA) is 70.2 Å². The summed E-state index contributed by atoms with van der Waals surface area (Å²) in [6, 6.07) is 12.9. The van der Waals surface area contributed by atoms with Crippen LogP contribution in [-0.4, -0.2) is 31.8 Å². The third-order valence-corrected chi connectivity index (χ3v) is 6.92. The fraction of sp³-hybridized carbons (Fsp3) is 0.516. The molecule has 6 heteroatoms. The Hall–Kier alpha value is -1.61. The van der Waals surface area contributed by atoms with Gasteiger partial charge < -0.3 is 23.4 Å². The molecule has 0 radical (unpaired) electrons. The summed E-state index contributed by atoms with van der Waals surface area (Å²) in [6.45, 7) is 11.8. The standard InChI is InChI=1S/C16H22NO.C14H22N2O.CH3.U/c1-3-13-7-9-14(10-8-13)16(18)17-15-6-4-5-12(2)11-15;1-5-13-10(2)8-12(16-7-6-15-4)9-14(13)11(3)17;;/h4,6,11,13-14H,3,7-10H2,1-2H3,(H,17,18);8-9,15-16H,5-7H2,1-4H3;1H3;/q-1;;-1;+2. The second-order valence-electron chi connectivity index (χ2n) is 9.63. The summed E-state index contributed by atoms with van der Waals surface area (Å²) in [7, 11) is 1.92. The second kappa shape index (κ2) is 18.6. The molecule has 3 rings (SSSR count). The Morgan fingerprint density at radius 1 is 1.00 bits per heavy atom. The molecule has 1 aliphatic carbocycles. The number of ketones is 1. The minimum absolute atomic E-state index is 0. The number of nitrogens with one attached hydrogen (secondary N) is 3. The molecule has 37 heavy (non-hydrogen) atoms. The fourth-order valence-corrected chi connectivity index (χ4v) is 4.78. The summed E-state index contributed by atoms with van der Waals surface area (Å²) in [6.07, 6.45) is 6.65. The summed E-state index contributed by atoms with van der Waals surface area (Å²) in [4.78, 5) is 23.8. The van der Waals surface area contributed by atoms with Crippen LogP contribution in [0.25, 0.3) is 0 Å². The van der Waals surface area contributed by atoms with Gasteiger partial charge in [-0.05, 0) is 82.2 Å². The van der Waals surface area contributed by atoms with Crippen molar-refractivity contribution in [2.24, 2.45) is 11.8 Å². The molecule has 1 saturated carbocycles. The molecule has 0 spiro atoms. The zero-order valence-electron chi connectivity index (χ0n) is 24.0. The van der Waals surface area contributed by atoms with E-state index in [0.29, 0.717) is 0 Å². The van der Waals surface area contributed by atoms with Crippen molar-refractivity contribution in [1.82, 2.24) is 5.32 Å². The van der Waals surface area contributed by atoms with Crippen LogP contribution in [0.4, 0.5) is 11.4 Å². The van der Waals surface area contributed by atoms with Crippen molar-refractivity contribution in [2.75, 3.05) is 30.8 Å². The first kappa shape index (κ1) is 35.4. The summed E-state index contributed by atoms with van der Waals surface area (Å²) < 4.78 is 0. The van der Waals surface area contributed by atoms with E-state index in [9.17, 15) is 9.59 Å². The Bertz CT molecular complexity index is 969. The van der Waals surface area contributed by atoms with E-state index in [1.165, 1.54) is 24.8 Å². The van der Waals surface area contributed by atoms with Gasteiger partial charge in [-0.25, -0.2) is 0 Å². The Morgan fingerprint density at radius 3 is 2.22 bits per heavy atom. The number of hydrogen-bond acceptors (Lipinski definition) is 4. The number of carbonyl (C=O) groups excluding carboxylic acids is 2. The number of Topliss-reactive ketones (excluding diaryl/α,β-unsaturated/α-hetero) is 1. The van der Waals surface area contributed by atoms with Crippen LogP contribution < -0.4 is 16.0 Å². The van der Waals surface area contributed by atoms with E-state index >= 15 is 0 Å². The van der Waals surface area contributed by atoms with Crippen molar-refractivity contribution in [3.63, 3.8) is 0 Å². The molecule has 5 nitrogen and oxygen atoms in total. The first-order valence-corrected chi connectivity index (χ1v) is 13.1. The molecule has 1 fully saturated rings. The predicted molar refractivity (Wildman–Crippen MR) is 154 cm³/mol. The van der Waals surface area contributed by atoms with Crippen LogP contribution in [0.1, 0.15) is 79.9 Å². The van der Waals surface area contributed by atoms with Crippen molar-refractivity contribution in [2.45, 2.75) is 73.1 Å². The van der Waals surface area contributed by atoms with Crippen LogP contribution in [-0.2, 0) is 11.2 Å². The van der Waals surface area contributed by atoms with Crippen LogP contribution in [0.5, 0.6) is 0 Å². The van der Waals surface area contributed by atoms with Crippen molar-refractivity contribution in [3.05, 3.63) is 66.1 Å². The Kier molecular flexibility index (Phi) is 17.8. The first-order chi connectivity index (χ1) is 16.8. The second-order valence-corrected chi connectivity index (χ2v) is 9.63. The van der Waals surface area contributed by atoms with E-state index in [2.05, 4.69) is 48.9 Å². The van der Waals surface area contributed by atoms with Gasteiger partial charge in [0.25, 0.3) is 0 Å². The molecular weight excluding hydrogens is 684 g/mol. The van der Waals surface area contributed by atoms with Gasteiger partial charge in [-0.2, -0.15) is 17.7 Å². The van der Waals surface area contributed by atoms with E-state index in [-0.39, 0.29) is 56.1 Å². The van der Waals surface area contributed by atoms with Crippen LogP contribution in [0, 0.1) is 70.3 Å². The van der Waals surface area contributed by atoms with Crippen molar-refractivity contribution < 1.29 is 40.7 Å². The molecule has 0 saturated heterocycles. The van der Waals surface area contributed by atoms with Crippen molar-refractivity contribution in [3.8, 4) is 0 Å². The number of benzene rings is 2. The molecule has 0 aromatic heterocycles. The molecule has 1 amide bonds. The van der Waals surface area contributed by atoms with Crippen LogP contribution in [0.15, 0.2) is 30.3 Å². The average molecular weight is 732 g/mol. The van der Waals surface area contributed by atoms with Crippen LogP contribution in [0.3, 0.4) is 0 Å². The summed E-state index contributed by atoms with van der Waals surface area (Å²) >= 11 is 0. The van der Waals surface area contributed by atoms with E-state index in [4.69, 9.17) is 0 Å². The van der Waals surface area contributed by atoms with Gasteiger partial charge in [-0.15, -0.1) is 12.1 Å². The summed E-state index contributed by atoms with van der Waals surface area (Å²) in [5.74, 6) is 1.37. The average Bonchev–Trinajstić information content (AvgIpc) is 2.84. The summed E-state index contributed by atoms with van der Waals surface area (Å²) in [5.41, 5.74) is 6.18. The van der Waals surface area contributed by atoms with Crippen molar-refractivity contribution >= 4 is 23.1 Å². The molecule has 2 aromatic rings. The van der Waals surface area contributed by atoms with Crippen molar-refractivity contribution in [1.29, 1.82) is 0 Å². The predicted octanol–water partition coefficient (Wildman–Crippen LogP) is 6.79. The van der Waals surface area contributed by atoms with E-state index in [1.807, 2.05) is 38.2 Å². The molecule has 0 heterocycles. The van der Waals surface area contributed by atoms with Gasteiger partial charge in [0.1, 0.15) is 0 Å². The number of rotatable bonds is 9. The number of likely N-dealkylation sites (N-methyl/N-ethyl adjacent to an activating group) is 1. The molecule has 0 unspecified atom stereocenters. The van der Waals surface area contributed by atoms with Gasteiger partial charge in [-0.1, -0.05) is 32.9 Å². The number of carbonyl (C=O) groups is 2. The molecule has 0 bridgehead atoms. The van der Waals surface area contributed by atoms with Crippen LogP contribution in [0.2, 0.25) is 0 Å². The number of anilines is 2. The number of hydrogen-bond donors (Lipinski definition) is 3. The molecule has 202 valence electrons. The largest absolute Gasteiger partial charge is 2.00 e. The molecule has 0 atom stereocenters. The van der Waals surface area contributed by atoms with E-state index < -0.39 is 0 Å². The Morgan fingerprint density at radius 2 is 1.68 bits per heavy atom. The van der Waals surface area contributed by atoms with Gasteiger partial charge in [0.15, 0.2) is 5.78 Å². The molecule has 3 N–H and O–H groups in total. The van der Waals surface area contributed by atoms with Crippen LogP contribution >= 0.6 is 0 Å². The van der Waals surface area contributed by atoms with Gasteiger partial charge in [-0.3, -0.25) is 9.59 Å². The van der Waals surface area contributed by atoms with E-state index in [1.54, 1.807) is 6.92 Å². The monoisotopic (exact) mass is 731 g/mol. The molecular formula is C31H47N3O2U. The summed E-state index contributed by atoms with van der Waals surface area (Å²) in [5, 5.41) is 9.43. The van der Waals surface area contributed by atoms with Gasteiger partial charge in [0.2, 0.25) is 5.91 Å². The molecule has 0 aliphatic heterocycles.